The molecule has 0 aliphatic rings. The molecule has 2 aromatic rings. The maximum atomic E-state index is 5.71. The molecule has 0 amide bonds. The van der Waals surface area contributed by atoms with E-state index < -0.39 is 0 Å². The fourth-order valence-corrected chi connectivity index (χ4v) is 3.20. The lowest BCUT2D eigenvalue weighted by Crippen LogP contribution is -2.31. The standard InChI is InChI=1S/C14H23N5S/c1-9-6-11(19(5)18-9)10(17-15)7-13-16-12(8-20-13)14(2,3)4/h6,8,10,17H,7,15H2,1-5H3. The van der Waals surface area contributed by atoms with Crippen LogP contribution in [-0.4, -0.2) is 14.8 Å². The van der Waals surface area contributed by atoms with Crippen LogP contribution in [0.3, 0.4) is 0 Å². The summed E-state index contributed by atoms with van der Waals surface area (Å²) in [7, 11) is 1.94. The smallest absolute Gasteiger partial charge is 0.0948 e. The number of nitrogens with zero attached hydrogens (tertiary/aromatic N) is 3. The van der Waals surface area contributed by atoms with Crippen molar-refractivity contribution in [2.75, 3.05) is 0 Å². The molecule has 5 nitrogen and oxygen atoms in total. The van der Waals surface area contributed by atoms with Gasteiger partial charge in [0.2, 0.25) is 0 Å². The summed E-state index contributed by atoms with van der Waals surface area (Å²) in [6, 6.07) is 2.09. The van der Waals surface area contributed by atoms with Crippen LogP contribution in [0, 0.1) is 6.92 Å². The van der Waals surface area contributed by atoms with Gasteiger partial charge in [-0.3, -0.25) is 16.0 Å². The lowest BCUT2D eigenvalue weighted by molar-refractivity contribution is 0.504. The molecule has 1 atom stereocenters. The van der Waals surface area contributed by atoms with Crippen LogP contribution in [-0.2, 0) is 18.9 Å². The van der Waals surface area contributed by atoms with Gasteiger partial charge in [0.05, 0.1) is 28.1 Å². The molecule has 0 radical (unpaired) electrons. The number of aryl methyl sites for hydroxylation is 2. The summed E-state index contributed by atoms with van der Waals surface area (Å²) in [5, 5.41) is 7.60. The number of nitrogens with one attached hydrogen (secondary N) is 1. The van der Waals surface area contributed by atoms with E-state index in [1.54, 1.807) is 11.3 Å². The Morgan fingerprint density at radius 1 is 1.45 bits per heavy atom. The van der Waals surface area contributed by atoms with Crippen molar-refractivity contribution in [3.8, 4) is 0 Å². The van der Waals surface area contributed by atoms with Gasteiger partial charge in [0, 0.05) is 24.3 Å². The number of aromatic nitrogens is 3. The highest BCUT2D eigenvalue weighted by Crippen LogP contribution is 2.26. The lowest BCUT2D eigenvalue weighted by atomic mass is 9.93. The quantitative estimate of drug-likeness (QED) is 0.670. The van der Waals surface area contributed by atoms with Crippen LogP contribution in [0.2, 0.25) is 0 Å². The molecular weight excluding hydrogens is 270 g/mol. The van der Waals surface area contributed by atoms with Crippen molar-refractivity contribution in [2.45, 2.75) is 45.6 Å². The summed E-state index contributed by atoms with van der Waals surface area (Å²) >= 11 is 1.69. The third-order valence-corrected chi connectivity index (χ3v) is 4.17. The van der Waals surface area contributed by atoms with Crippen LogP contribution in [0.4, 0.5) is 0 Å². The lowest BCUT2D eigenvalue weighted by Gasteiger charge is -2.16. The molecular formula is C14H23N5S. The summed E-state index contributed by atoms with van der Waals surface area (Å²) in [6.07, 6.45) is 0.774. The Kier molecular flexibility index (Phi) is 4.27. The monoisotopic (exact) mass is 293 g/mol. The van der Waals surface area contributed by atoms with Crippen molar-refractivity contribution in [3.05, 3.63) is 33.5 Å². The van der Waals surface area contributed by atoms with Crippen LogP contribution in [0.15, 0.2) is 11.4 Å². The Morgan fingerprint density at radius 3 is 2.60 bits per heavy atom. The highest BCUT2D eigenvalue weighted by Gasteiger charge is 2.20. The van der Waals surface area contributed by atoms with Crippen molar-refractivity contribution in [1.29, 1.82) is 0 Å². The van der Waals surface area contributed by atoms with Gasteiger partial charge in [-0.2, -0.15) is 5.10 Å². The number of nitrogens with two attached hydrogens (primary N) is 1. The SMILES string of the molecule is Cc1cc(C(Cc2nc(C(C)(C)C)cs2)NN)n(C)n1. The van der Waals surface area contributed by atoms with E-state index >= 15 is 0 Å². The van der Waals surface area contributed by atoms with Gasteiger partial charge in [0.25, 0.3) is 0 Å². The molecule has 0 aromatic carbocycles. The van der Waals surface area contributed by atoms with E-state index in [-0.39, 0.29) is 11.5 Å². The second-order valence-electron chi connectivity index (χ2n) is 6.13. The molecule has 1 unspecified atom stereocenters. The maximum Gasteiger partial charge on any atom is 0.0948 e. The molecule has 3 N–H and O–H groups in total. The minimum absolute atomic E-state index is 0.0279. The number of thiazole rings is 1. The first kappa shape index (κ1) is 15.2. The van der Waals surface area contributed by atoms with Crippen LogP contribution >= 0.6 is 11.3 Å². The van der Waals surface area contributed by atoms with Crippen molar-refractivity contribution in [3.63, 3.8) is 0 Å². The van der Waals surface area contributed by atoms with E-state index in [4.69, 9.17) is 10.8 Å². The van der Waals surface area contributed by atoms with Gasteiger partial charge in [-0.05, 0) is 13.0 Å². The molecule has 2 heterocycles. The Bertz CT molecular complexity index is 579. The molecule has 6 heteroatoms. The van der Waals surface area contributed by atoms with Crippen LogP contribution in [0.25, 0.3) is 0 Å². The average Bonchev–Trinajstić information content (AvgIpc) is 2.92. The Hall–Kier alpha value is -1.24. The molecule has 2 aromatic heterocycles. The summed E-state index contributed by atoms with van der Waals surface area (Å²) in [5.41, 5.74) is 6.17. The van der Waals surface area contributed by atoms with Crippen molar-refractivity contribution < 1.29 is 0 Å². The van der Waals surface area contributed by atoms with Gasteiger partial charge in [-0.25, -0.2) is 4.98 Å². The molecule has 0 saturated carbocycles. The normalized spacial score (nSPS) is 13.7. The maximum absolute atomic E-state index is 5.71. The minimum Gasteiger partial charge on any atom is -0.271 e. The Labute approximate surface area is 124 Å². The van der Waals surface area contributed by atoms with E-state index in [9.17, 15) is 0 Å². The highest BCUT2D eigenvalue weighted by molar-refractivity contribution is 7.09. The molecule has 0 saturated heterocycles. The van der Waals surface area contributed by atoms with E-state index in [0.717, 1.165) is 28.5 Å². The fraction of sp³-hybridized carbons (Fsp3) is 0.571. The van der Waals surface area contributed by atoms with Gasteiger partial charge in [-0.15, -0.1) is 11.3 Å². The molecule has 0 aliphatic heterocycles. The summed E-state index contributed by atoms with van der Waals surface area (Å²) in [4.78, 5) is 4.72. The van der Waals surface area contributed by atoms with E-state index in [0.29, 0.717) is 0 Å². The van der Waals surface area contributed by atoms with Gasteiger partial charge in [0.1, 0.15) is 0 Å². The van der Waals surface area contributed by atoms with Gasteiger partial charge in [0.15, 0.2) is 0 Å². The summed E-state index contributed by atoms with van der Waals surface area (Å²) in [5.74, 6) is 5.71. The third kappa shape index (κ3) is 3.26. The highest BCUT2D eigenvalue weighted by atomic mass is 32.1. The molecule has 0 bridgehead atoms. The number of hydrogen-bond donors (Lipinski definition) is 2. The fourth-order valence-electron chi connectivity index (χ4n) is 2.13. The van der Waals surface area contributed by atoms with E-state index in [2.05, 4.69) is 42.7 Å². The predicted molar refractivity (Wildman–Crippen MR) is 82.5 cm³/mol. The first-order valence-corrected chi connectivity index (χ1v) is 7.60. The zero-order chi connectivity index (χ0) is 14.9. The van der Waals surface area contributed by atoms with Gasteiger partial charge < -0.3 is 0 Å². The van der Waals surface area contributed by atoms with Crippen molar-refractivity contribution in [2.24, 2.45) is 12.9 Å². The topological polar surface area (TPSA) is 68.8 Å². The van der Waals surface area contributed by atoms with Gasteiger partial charge >= 0.3 is 0 Å². The van der Waals surface area contributed by atoms with Gasteiger partial charge in [-0.1, -0.05) is 20.8 Å². The average molecular weight is 293 g/mol. The minimum atomic E-state index is 0.0279. The number of rotatable bonds is 4. The molecule has 0 aliphatic carbocycles. The largest absolute Gasteiger partial charge is 0.271 e. The second kappa shape index (κ2) is 5.63. The Balaban J connectivity index is 2.19. The zero-order valence-corrected chi connectivity index (χ0v) is 13.6. The summed E-state index contributed by atoms with van der Waals surface area (Å²) in [6.45, 7) is 8.51. The number of hydrogen-bond acceptors (Lipinski definition) is 5. The molecule has 2 rings (SSSR count). The van der Waals surface area contributed by atoms with E-state index in [1.807, 2.05) is 18.7 Å². The molecule has 0 spiro atoms. The van der Waals surface area contributed by atoms with Crippen LogP contribution in [0.1, 0.15) is 48.9 Å². The summed E-state index contributed by atoms with van der Waals surface area (Å²) < 4.78 is 1.87. The first-order valence-electron chi connectivity index (χ1n) is 6.73. The van der Waals surface area contributed by atoms with Crippen molar-refractivity contribution in [1.82, 2.24) is 20.2 Å². The molecule has 20 heavy (non-hydrogen) atoms. The van der Waals surface area contributed by atoms with Crippen LogP contribution < -0.4 is 11.3 Å². The number of hydrazine groups is 1. The van der Waals surface area contributed by atoms with Crippen molar-refractivity contribution >= 4 is 11.3 Å². The molecule has 0 fully saturated rings. The molecule has 110 valence electrons. The van der Waals surface area contributed by atoms with Crippen LogP contribution in [0.5, 0.6) is 0 Å². The first-order chi connectivity index (χ1) is 9.31. The van der Waals surface area contributed by atoms with E-state index in [1.165, 1.54) is 0 Å². The third-order valence-electron chi connectivity index (χ3n) is 3.30. The predicted octanol–water partition coefficient (Wildman–Crippen LogP) is 2.23. The zero-order valence-electron chi connectivity index (χ0n) is 12.8. The Morgan fingerprint density at radius 2 is 2.15 bits per heavy atom. The second-order valence-corrected chi connectivity index (χ2v) is 7.08.